The van der Waals surface area contributed by atoms with Gasteiger partial charge in [-0.25, -0.2) is 4.39 Å². The molecule has 1 amide bonds. The van der Waals surface area contributed by atoms with Crippen molar-refractivity contribution in [2.45, 2.75) is 39.3 Å². The zero-order chi connectivity index (χ0) is 24.6. The molecule has 1 atom stereocenters. The SMILES string of the molecule is CCOc1c2c(c(OC(F)F)c3ccccc13)CN(c1ccc(C(CC)C(=O)O)c(F)c1)C2=O. The van der Waals surface area contributed by atoms with E-state index in [0.717, 1.165) is 6.07 Å². The summed E-state index contributed by atoms with van der Waals surface area (Å²) in [7, 11) is 0. The third-order valence-corrected chi connectivity index (χ3v) is 5.87. The molecule has 4 rings (SSSR count). The van der Waals surface area contributed by atoms with Crippen molar-refractivity contribution >= 4 is 28.3 Å². The highest BCUT2D eigenvalue weighted by atomic mass is 19.3. The van der Waals surface area contributed by atoms with Crippen molar-refractivity contribution in [3.8, 4) is 11.5 Å². The quantitative estimate of drug-likeness (QED) is 0.453. The van der Waals surface area contributed by atoms with Crippen LogP contribution in [0.15, 0.2) is 42.5 Å². The summed E-state index contributed by atoms with van der Waals surface area (Å²) in [5, 5.41) is 10.2. The van der Waals surface area contributed by atoms with E-state index < -0.39 is 30.2 Å². The van der Waals surface area contributed by atoms with Crippen LogP contribution in [0.4, 0.5) is 18.9 Å². The minimum atomic E-state index is -3.12. The number of nitrogens with zero attached hydrogens (tertiary/aromatic N) is 1. The molecule has 1 heterocycles. The van der Waals surface area contributed by atoms with E-state index in [0.29, 0.717) is 10.8 Å². The highest BCUT2D eigenvalue weighted by Crippen LogP contribution is 2.46. The average Bonchev–Trinajstić information content (AvgIpc) is 3.14. The summed E-state index contributed by atoms with van der Waals surface area (Å²) in [6, 6.07) is 10.5. The van der Waals surface area contributed by atoms with Crippen molar-refractivity contribution in [2.75, 3.05) is 11.5 Å². The first-order valence-corrected chi connectivity index (χ1v) is 10.8. The van der Waals surface area contributed by atoms with E-state index in [-0.39, 0.29) is 53.4 Å². The van der Waals surface area contributed by atoms with Crippen molar-refractivity contribution in [3.63, 3.8) is 0 Å². The molecule has 0 aliphatic carbocycles. The van der Waals surface area contributed by atoms with Gasteiger partial charge in [-0.3, -0.25) is 9.59 Å². The molecule has 178 valence electrons. The first kappa shape index (κ1) is 23.4. The van der Waals surface area contributed by atoms with Crippen molar-refractivity contribution in [1.29, 1.82) is 0 Å². The van der Waals surface area contributed by atoms with E-state index in [1.165, 1.54) is 17.0 Å². The lowest BCUT2D eigenvalue weighted by Crippen LogP contribution is -2.24. The Hall–Kier alpha value is -3.75. The van der Waals surface area contributed by atoms with E-state index in [1.807, 2.05) is 0 Å². The minimum absolute atomic E-state index is 0.00498. The van der Waals surface area contributed by atoms with E-state index >= 15 is 0 Å². The topological polar surface area (TPSA) is 76.1 Å². The Bertz CT molecular complexity index is 1280. The number of carbonyl (C=O) groups is 2. The largest absolute Gasteiger partial charge is 0.492 e. The van der Waals surface area contributed by atoms with Gasteiger partial charge in [-0.2, -0.15) is 8.78 Å². The van der Waals surface area contributed by atoms with Crippen LogP contribution >= 0.6 is 0 Å². The summed E-state index contributed by atoms with van der Waals surface area (Å²) in [5.41, 5.74) is 0.467. The number of hydrogen-bond donors (Lipinski definition) is 1. The van der Waals surface area contributed by atoms with Crippen molar-refractivity contribution in [1.82, 2.24) is 0 Å². The molecule has 0 bridgehead atoms. The fourth-order valence-electron chi connectivity index (χ4n) is 4.39. The van der Waals surface area contributed by atoms with Gasteiger partial charge in [-0.15, -0.1) is 0 Å². The summed E-state index contributed by atoms with van der Waals surface area (Å²) < 4.78 is 52.1. The molecule has 0 fully saturated rings. The third-order valence-electron chi connectivity index (χ3n) is 5.87. The number of carboxylic acid groups (broad SMARTS) is 1. The number of aliphatic carboxylic acids is 1. The number of carbonyl (C=O) groups excluding carboxylic acids is 1. The lowest BCUT2D eigenvalue weighted by molar-refractivity contribution is -0.138. The van der Waals surface area contributed by atoms with Crippen molar-refractivity contribution < 1.29 is 37.3 Å². The van der Waals surface area contributed by atoms with Crippen LogP contribution in [0.3, 0.4) is 0 Å². The van der Waals surface area contributed by atoms with Gasteiger partial charge in [0.25, 0.3) is 5.91 Å². The van der Waals surface area contributed by atoms with Gasteiger partial charge in [0, 0.05) is 27.6 Å². The number of amides is 1. The number of hydrogen-bond acceptors (Lipinski definition) is 4. The predicted molar refractivity (Wildman–Crippen MR) is 119 cm³/mol. The normalized spacial score (nSPS) is 13.9. The Kier molecular flexibility index (Phi) is 6.37. The molecule has 1 N–H and O–H groups in total. The molecule has 0 saturated heterocycles. The van der Waals surface area contributed by atoms with E-state index in [1.54, 1.807) is 38.1 Å². The monoisotopic (exact) mass is 473 g/mol. The Morgan fingerprint density at radius 1 is 1.12 bits per heavy atom. The number of anilines is 1. The van der Waals surface area contributed by atoms with Crippen LogP contribution in [0, 0.1) is 5.82 Å². The maximum absolute atomic E-state index is 14.9. The fourth-order valence-corrected chi connectivity index (χ4v) is 4.39. The smallest absolute Gasteiger partial charge is 0.387 e. The van der Waals surface area contributed by atoms with Crippen LogP contribution in [0.1, 0.15) is 47.7 Å². The van der Waals surface area contributed by atoms with Gasteiger partial charge in [0.2, 0.25) is 0 Å². The number of halogens is 3. The summed E-state index contributed by atoms with van der Waals surface area (Å²) in [5.74, 6) is -3.39. The number of ether oxygens (including phenoxy) is 2. The maximum Gasteiger partial charge on any atom is 0.387 e. The van der Waals surface area contributed by atoms with Crippen molar-refractivity contribution in [3.05, 3.63) is 65.0 Å². The molecule has 0 aromatic heterocycles. The Morgan fingerprint density at radius 3 is 2.35 bits per heavy atom. The molecule has 3 aromatic rings. The first-order valence-electron chi connectivity index (χ1n) is 10.8. The molecule has 0 saturated carbocycles. The van der Waals surface area contributed by atoms with Gasteiger partial charge in [0.15, 0.2) is 0 Å². The molecular formula is C25H22F3NO5. The van der Waals surface area contributed by atoms with E-state index in [9.17, 15) is 27.9 Å². The van der Waals surface area contributed by atoms with Gasteiger partial charge >= 0.3 is 12.6 Å². The Labute approximate surface area is 193 Å². The van der Waals surface area contributed by atoms with Crippen LogP contribution in [-0.4, -0.2) is 30.2 Å². The summed E-state index contributed by atoms with van der Waals surface area (Å²) in [6.45, 7) is 0.347. The van der Waals surface area contributed by atoms with Crippen LogP contribution in [0.2, 0.25) is 0 Å². The number of fused-ring (bicyclic) bond motifs is 2. The Balaban J connectivity index is 1.85. The average molecular weight is 473 g/mol. The molecule has 6 nitrogen and oxygen atoms in total. The molecular weight excluding hydrogens is 451 g/mol. The standard InChI is InChI=1S/C25H22F3NO5/c1-3-14(24(31)32)15-10-9-13(11-19(15)26)29-12-18-20(23(29)30)22(33-4-2)17-8-6-5-7-16(17)21(18)34-25(27)28/h5-11,14,25H,3-4,12H2,1-2H3,(H,31,32). The Morgan fingerprint density at radius 2 is 1.79 bits per heavy atom. The van der Waals surface area contributed by atoms with E-state index in [2.05, 4.69) is 0 Å². The van der Waals surface area contributed by atoms with Gasteiger partial charge < -0.3 is 19.5 Å². The van der Waals surface area contributed by atoms with Gasteiger partial charge in [0.1, 0.15) is 17.3 Å². The molecule has 0 radical (unpaired) electrons. The van der Waals surface area contributed by atoms with Crippen LogP contribution < -0.4 is 14.4 Å². The summed E-state index contributed by atoms with van der Waals surface area (Å²) in [4.78, 5) is 26.1. The fraction of sp³-hybridized carbons (Fsp3) is 0.280. The zero-order valence-corrected chi connectivity index (χ0v) is 18.5. The predicted octanol–water partition coefficient (Wildman–Crippen LogP) is 5.72. The second-order valence-corrected chi connectivity index (χ2v) is 7.77. The molecule has 3 aromatic carbocycles. The zero-order valence-electron chi connectivity index (χ0n) is 18.5. The van der Waals surface area contributed by atoms with Crippen molar-refractivity contribution in [2.24, 2.45) is 0 Å². The van der Waals surface area contributed by atoms with E-state index in [4.69, 9.17) is 9.47 Å². The lowest BCUT2D eigenvalue weighted by Gasteiger charge is -2.18. The maximum atomic E-state index is 14.9. The molecule has 9 heteroatoms. The lowest BCUT2D eigenvalue weighted by atomic mass is 9.96. The summed E-state index contributed by atoms with van der Waals surface area (Å²) in [6.07, 6.45) is 0.193. The summed E-state index contributed by atoms with van der Waals surface area (Å²) >= 11 is 0. The number of carboxylic acids is 1. The van der Waals surface area contributed by atoms with Crippen LogP contribution in [-0.2, 0) is 11.3 Å². The van der Waals surface area contributed by atoms with Crippen LogP contribution in [0.5, 0.6) is 11.5 Å². The number of rotatable bonds is 8. The number of benzene rings is 3. The molecule has 1 aliphatic heterocycles. The molecule has 1 unspecified atom stereocenters. The second kappa shape index (κ2) is 9.24. The highest BCUT2D eigenvalue weighted by molar-refractivity contribution is 6.16. The highest BCUT2D eigenvalue weighted by Gasteiger charge is 2.37. The van der Waals surface area contributed by atoms with Gasteiger partial charge in [0.05, 0.1) is 24.6 Å². The molecule has 0 spiro atoms. The van der Waals surface area contributed by atoms with Crippen LogP contribution in [0.25, 0.3) is 10.8 Å². The minimum Gasteiger partial charge on any atom is -0.492 e. The van der Waals surface area contributed by atoms with Gasteiger partial charge in [-0.1, -0.05) is 37.3 Å². The first-order chi connectivity index (χ1) is 16.3. The molecule has 1 aliphatic rings. The second-order valence-electron chi connectivity index (χ2n) is 7.77. The number of alkyl halides is 2. The van der Waals surface area contributed by atoms with Gasteiger partial charge in [-0.05, 0) is 25.5 Å². The molecule has 34 heavy (non-hydrogen) atoms. The third kappa shape index (κ3) is 3.91.